The fourth-order valence-corrected chi connectivity index (χ4v) is 2.24. The Morgan fingerprint density at radius 1 is 1.10 bits per heavy atom. The number of rotatable bonds is 4. The van der Waals surface area contributed by atoms with Crippen molar-refractivity contribution < 1.29 is 9.13 Å². The Bertz CT molecular complexity index is 610. The molecule has 0 aliphatic rings. The van der Waals surface area contributed by atoms with Crippen molar-refractivity contribution >= 4 is 5.69 Å². The van der Waals surface area contributed by atoms with Crippen LogP contribution in [0.25, 0.3) is 0 Å². The largest absolute Gasteiger partial charge is 0.494 e. The standard InChI is InChI=1S/C17H20FNO/c1-11-5-7-16(12(2)9-11)19-13(3)14-6-8-17(20-4)15(18)10-14/h5-10,13,19H,1-4H3. The summed E-state index contributed by atoms with van der Waals surface area (Å²) < 4.78 is 18.7. The molecule has 0 aliphatic carbocycles. The van der Waals surface area contributed by atoms with Crippen LogP contribution in [0.15, 0.2) is 36.4 Å². The minimum atomic E-state index is -0.334. The van der Waals surface area contributed by atoms with Crippen LogP contribution in [-0.4, -0.2) is 7.11 Å². The third-order valence-electron chi connectivity index (χ3n) is 3.43. The Balaban J connectivity index is 2.19. The molecule has 0 aliphatic heterocycles. The number of methoxy groups -OCH3 is 1. The lowest BCUT2D eigenvalue weighted by Gasteiger charge is -2.18. The Kier molecular flexibility index (Phi) is 4.28. The summed E-state index contributed by atoms with van der Waals surface area (Å²) in [5, 5.41) is 3.41. The van der Waals surface area contributed by atoms with Crippen LogP contribution in [0.2, 0.25) is 0 Å². The second-order valence-corrected chi connectivity index (χ2v) is 5.08. The maximum absolute atomic E-state index is 13.7. The van der Waals surface area contributed by atoms with Gasteiger partial charge in [-0.2, -0.15) is 0 Å². The molecule has 20 heavy (non-hydrogen) atoms. The quantitative estimate of drug-likeness (QED) is 0.877. The minimum absolute atomic E-state index is 0.0248. The summed E-state index contributed by atoms with van der Waals surface area (Å²) in [4.78, 5) is 0. The van der Waals surface area contributed by atoms with E-state index >= 15 is 0 Å². The summed E-state index contributed by atoms with van der Waals surface area (Å²) in [7, 11) is 1.47. The van der Waals surface area contributed by atoms with Crippen molar-refractivity contribution in [1.82, 2.24) is 0 Å². The van der Waals surface area contributed by atoms with E-state index in [1.54, 1.807) is 6.07 Å². The molecule has 106 valence electrons. The molecule has 1 N–H and O–H groups in total. The second kappa shape index (κ2) is 5.95. The lowest BCUT2D eigenvalue weighted by molar-refractivity contribution is 0.386. The van der Waals surface area contributed by atoms with Crippen molar-refractivity contribution in [3.8, 4) is 5.75 Å². The van der Waals surface area contributed by atoms with Gasteiger partial charge in [-0.05, 0) is 50.1 Å². The summed E-state index contributed by atoms with van der Waals surface area (Å²) in [5.74, 6) is -0.0632. The molecular weight excluding hydrogens is 253 g/mol. The number of ether oxygens (including phenoxy) is 1. The van der Waals surface area contributed by atoms with Crippen LogP contribution in [-0.2, 0) is 0 Å². The van der Waals surface area contributed by atoms with E-state index in [2.05, 4.69) is 37.4 Å². The molecule has 0 fully saturated rings. The summed E-state index contributed by atoms with van der Waals surface area (Å²) in [6, 6.07) is 11.3. The molecule has 1 atom stereocenters. The second-order valence-electron chi connectivity index (χ2n) is 5.08. The van der Waals surface area contributed by atoms with Crippen molar-refractivity contribution in [1.29, 1.82) is 0 Å². The van der Waals surface area contributed by atoms with Gasteiger partial charge in [-0.25, -0.2) is 4.39 Å². The highest BCUT2D eigenvalue weighted by Crippen LogP contribution is 2.26. The van der Waals surface area contributed by atoms with Gasteiger partial charge in [0.05, 0.1) is 7.11 Å². The van der Waals surface area contributed by atoms with Crippen LogP contribution in [0.5, 0.6) is 5.75 Å². The molecule has 0 amide bonds. The lowest BCUT2D eigenvalue weighted by atomic mass is 10.1. The van der Waals surface area contributed by atoms with Crippen molar-refractivity contribution in [3.63, 3.8) is 0 Å². The highest BCUT2D eigenvalue weighted by molar-refractivity contribution is 5.53. The topological polar surface area (TPSA) is 21.3 Å². The van der Waals surface area contributed by atoms with E-state index in [0.29, 0.717) is 0 Å². The van der Waals surface area contributed by atoms with E-state index in [-0.39, 0.29) is 17.6 Å². The van der Waals surface area contributed by atoms with Crippen LogP contribution < -0.4 is 10.1 Å². The first-order valence-corrected chi connectivity index (χ1v) is 6.68. The van der Waals surface area contributed by atoms with E-state index in [4.69, 9.17) is 4.74 Å². The number of nitrogens with one attached hydrogen (secondary N) is 1. The Labute approximate surface area is 119 Å². The number of aryl methyl sites for hydroxylation is 2. The maximum atomic E-state index is 13.7. The third-order valence-corrected chi connectivity index (χ3v) is 3.43. The Morgan fingerprint density at radius 3 is 2.45 bits per heavy atom. The summed E-state index contributed by atoms with van der Waals surface area (Å²) in [6.45, 7) is 6.15. The molecule has 2 nitrogen and oxygen atoms in total. The van der Waals surface area contributed by atoms with E-state index in [0.717, 1.165) is 11.3 Å². The van der Waals surface area contributed by atoms with Gasteiger partial charge in [-0.3, -0.25) is 0 Å². The van der Waals surface area contributed by atoms with Crippen molar-refractivity contribution in [2.24, 2.45) is 0 Å². The molecule has 0 radical (unpaired) electrons. The molecule has 0 saturated heterocycles. The number of hydrogen-bond acceptors (Lipinski definition) is 2. The van der Waals surface area contributed by atoms with Crippen LogP contribution >= 0.6 is 0 Å². The molecule has 3 heteroatoms. The fourth-order valence-electron chi connectivity index (χ4n) is 2.24. The molecule has 2 rings (SSSR count). The van der Waals surface area contributed by atoms with Gasteiger partial charge >= 0.3 is 0 Å². The predicted octanol–water partition coefficient (Wildman–Crippen LogP) is 4.62. The maximum Gasteiger partial charge on any atom is 0.165 e. The summed E-state index contributed by atoms with van der Waals surface area (Å²) in [5.41, 5.74) is 4.38. The summed E-state index contributed by atoms with van der Waals surface area (Å²) in [6.07, 6.45) is 0. The molecule has 0 spiro atoms. The molecule has 0 heterocycles. The van der Waals surface area contributed by atoms with E-state index in [9.17, 15) is 4.39 Å². The van der Waals surface area contributed by atoms with Crippen molar-refractivity contribution in [2.45, 2.75) is 26.8 Å². The zero-order valence-electron chi connectivity index (χ0n) is 12.3. The molecule has 0 bridgehead atoms. The van der Waals surface area contributed by atoms with E-state index < -0.39 is 0 Å². The van der Waals surface area contributed by atoms with Gasteiger partial charge in [-0.15, -0.1) is 0 Å². The highest BCUT2D eigenvalue weighted by atomic mass is 19.1. The molecule has 0 aromatic heterocycles. The number of hydrogen-bond donors (Lipinski definition) is 1. The third kappa shape index (κ3) is 3.10. The van der Waals surface area contributed by atoms with Gasteiger partial charge in [0.15, 0.2) is 11.6 Å². The first kappa shape index (κ1) is 14.4. The van der Waals surface area contributed by atoms with Crippen molar-refractivity contribution in [3.05, 3.63) is 58.9 Å². The van der Waals surface area contributed by atoms with Crippen LogP contribution in [0.3, 0.4) is 0 Å². The smallest absolute Gasteiger partial charge is 0.165 e. The van der Waals surface area contributed by atoms with Gasteiger partial charge in [0.1, 0.15) is 0 Å². The Morgan fingerprint density at radius 2 is 1.85 bits per heavy atom. The minimum Gasteiger partial charge on any atom is -0.494 e. The average molecular weight is 273 g/mol. The average Bonchev–Trinajstić information content (AvgIpc) is 2.41. The summed E-state index contributed by atoms with van der Waals surface area (Å²) >= 11 is 0. The lowest BCUT2D eigenvalue weighted by Crippen LogP contribution is -2.08. The zero-order valence-corrected chi connectivity index (χ0v) is 12.3. The van der Waals surface area contributed by atoms with Gasteiger partial charge in [0, 0.05) is 11.7 Å². The van der Waals surface area contributed by atoms with Gasteiger partial charge in [-0.1, -0.05) is 23.8 Å². The first-order valence-electron chi connectivity index (χ1n) is 6.68. The van der Waals surface area contributed by atoms with Crippen molar-refractivity contribution in [2.75, 3.05) is 12.4 Å². The normalized spacial score (nSPS) is 12.1. The van der Waals surface area contributed by atoms with Gasteiger partial charge < -0.3 is 10.1 Å². The van der Waals surface area contributed by atoms with Crippen LogP contribution in [0, 0.1) is 19.7 Å². The zero-order chi connectivity index (χ0) is 14.7. The number of anilines is 1. The Hall–Kier alpha value is -2.03. The SMILES string of the molecule is COc1ccc(C(C)Nc2ccc(C)cc2C)cc1F. The monoisotopic (exact) mass is 273 g/mol. The van der Waals surface area contributed by atoms with Gasteiger partial charge in [0.25, 0.3) is 0 Å². The predicted molar refractivity (Wildman–Crippen MR) is 80.9 cm³/mol. The first-order chi connectivity index (χ1) is 9.51. The fraction of sp³-hybridized carbons (Fsp3) is 0.294. The molecule has 1 unspecified atom stereocenters. The molecular formula is C17H20FNO. The molecule has 0 saturated carbocycles. The van der Waals surface area contributed by atoms with Crippen LogP contribution in [0.4, 0.5) is 10.1 Å². The number of halogens is 1. The number of benzene rings is 2. The van der Waals surface area contributed by atoms with Crippen LogP contribution in [0.1, 0.15) is 29.7 Å². The highest BCUT2D eigenvalue weighted by Gasteiger charge is 2.10. The van der Waals surface area contributed by atoms with Gasteiger partial charge in [0.2, 0.25) is 0 Å². The molecule has 2 aromatic carbocycles. The molecule has 2 aromatic rings. The van der Waals surface area contributed by atoms with E-state index in [1.165, 1.54) is 24.3 Å². The van der Waals surface area contributed by atoms with E-state index in [1.807, 2.05) is 13.0 Å².